The average molecular weight is 1690 g/mol. The zero-order chi connectivity index (χ0) is 89.9. The van der Waals surface area contributed by atoms with Gasteiger partial charge in [0, 0.05) is 107 Å². The maximum absolute atomic E-state index is 12.0. The molecule has 650 valence electrons. The number of carbonyl (C=O) groups excluding carboxylic acids is 18. The minimum absolute atomic E-state index is 0.0113. The van der Waals surface area contributed by atoms with Gasteiger partial charge in [0.2, 0.25) is 5.91 Å². The third kappa shape index (κ3) is 39.1. The summed E-state index contributed by atoms with van der Waals surface area (Å²) in [4.78, 5) is 212. The zero-order valence-electron chi connectivity index (χ0n) is 69.3. The Bertz CT molecular complexity index is 4560. The molecule has 6 amide bonds. The number of nitrogens with one attached hydrogen (secondary N) is 2. The maximum Gasteiger partial charge on any atom is 0.342 e. The highest BCUT2D eigenvalue weighted by Gasteiger charge is 2.28. The molecular weight excluding hydrogens is 1580 g/mol. The normalized spacial score (nSPS) is 11.0. The Balaban J connectivity index is 0.000000376. The number of nitrogens with zero attached hydrogens (tertiary/aromatic N) is 4. The van der Waals surface area contributed by atoms with Gasteiger partial charge in [0.25, 0.3) is 29.5 Å². The SMILES string of the molecule is CC(=O)Oc1ccccc1C(=O)OCC(=O)N1CC1.CC(=O)Oc1ccccc1C(=O)OCC(=O)N1CCCCC1.CCN(CC)C(=O)CCOC(=O)c1ccccc1OC(C)=O.CCN(CC)C(=O)COC(=O)c1ccccc1OC(C)=O.CCNC(=O)COC(=O)c1ccccc1OC(C)=O.CNC(=O)COC(=O)c1ccccc1OC(C)=O. The van der Waals surface area contributed by atoms with Crippen molar-refractivity contribution in [3.8, 4) is 34.5 Å². The van der Waals surface area contributed by atoms with Crippen molar-refractivity contribution in [2.45, 2.75) is 102 Å². The number of para-hydroxylation sites is 6. The van der Waals surface area contributed by atoms with Gasteiger partial charge in [0.05, 0.1) is 6.42 Å². The minimum Gasteiger partial charge on any atom is -0.461 e. The van der Waals surface area contributed by atoms with Crippen molar-refractivity contribution in [1.29, 1.82) is 0 Å². The lowest BCUT2D eigenvalue weighted by atomic mass is 10.1. The Morgan fingerprint density at radius 2 is 0.554 bits per heavy atom. The number of amides is 6. The first-order valence-electron chi connectivity index (χ1n) is 38.0. The molecule has 0 spiro atoms. The number of hydrogen-bond acceptors (Lipinski definition) is 30. The van der Waals surface area contributed by atoms with Crippen molar-refractivity contribution in [2.24, 2.45) is 0 Å². The first-order valence-corrected chi connectivity index (χ1v) is 38.0. The van der Waals surface area contributed by atoms with E-state index in [9.17, 15) is 86.3 Å². The van der Waals surface area contributed by atoms with E-state index in [1.807, 2.05) is 27.7 Å². The molecule has 2 fully saturated rings. The lowest BCUT2D eigenvalue weighted by Gasteiger charge is -2.26. The molecule has 0 radical (unpaired) electrons. The van der Waals surface area contributed by atoms with Gasteiger partial charge in [-0.25, -0.2) is 28.8 Å². The van der Waals surface area contributed by atoms with Crippen molar-refractivity contribution >= 4 is 107 Å². The number of rotatable bonds is 30. The molecule has 0 aliphatic carbocycles. The van der Waals surface area contributed by atoms with Gasteiger partial charge in [-0.3, -0.25) is 57.5 Å². The average Bonchev–Trinajstić information content (AvgIpc) is 1.83. The largest absolute Gasteiger partial charge is 0.461 e. The van der Waals surface area contributed by atoms with E-state index in [0.29, 0.717) is 58.9 Å². The highest BCUT2D eigenvalue weighted by molar-refractivity contribution is 5.99. The molecular formula is C85H100N6O30. The summed E-state index contributed by atoms with van der Waals surface area (Å²) >= 11 is 0. The van der Waals surface area contributed by atoms with Crippen LogP contribution < -0.4 is 39.1 Å². The number of esters is 12. The van der Waals surface area contributed by atoms with Crippen LogP contribution in [0.2, 0.25) is 0 Å². The van der Waals surface area contributed by atoms with Crippen molar-refractivity contribution in [1.82, 2.24) is 30.2 Å². The summed E-state index contributed by atoms with van der Waals surface area (Å²) in [6, 6.07) is 37.3. The monoisotopic (exact) mass is 1680 g/mol. The van der Waals surface area contributed by atoms with Crippen LogP contribution in [0.15, 0.2) is 146 Å². The molecule has 2 heterocycles. The number of ether oxygens (including phenoxy) is 12. The Hall–Kier alpha value is -14.2. The summed E-state index contributed by atoms with van der Waals surface area (Å²) in [5.41, 5.74) is 0.715. The predicted octanol–water partition coefficient (Wildman–Crippen LogP) is 7.48. The number of hydrogen-bond donors (Lipinski definition) is 2. The molecule has 6 aromatic carbocycles. The van der Waals surface area contributed by atoms with Crippen LogP contribution in [0.25, 0.3) is 0 Å². The molecule has 0 unspecified atom stereocenters. The zero-order valence-corrected chi connectivity index (χ0v) is 69.3. The summed E-state index contributed by atoms with van der Waals surface area (Å²) in [6.45, 7) is 20.6. The van der Waals surface area contributed by atoms with E-state index < -0.39 is 77.5 Å². The number of benzene rings is 6. The fraction of sp³-hybridized carbons (Fsp3) is 0.365. The third-order valence-corrected chi connectivity index (χ3v) is 15.8. The number of likely N-dealkylation sites (tertiary alicyclic amines) is 1. The molecule has 2 aliphatic rings. The van der Waals surface area contributed by atoms with E-state index in [4.69, 9.17) is 56.8 Å². The summed E-state index contributed by atoms with van der Waals surface area (Å²) in [7, 11) is 1.43. The van der Waals surface area contributed by atoms with Crippen LogP contribution in [0, 0.1) is 0 Å². The van der Waals surface area contributed by atoms with E-state index >= 15 is 0 Å². The van der Waals surface area contributed by atoms with Crippen LogP contribution in [0.1, 0.15) is 164 Å². The fourth-order valence-electron chi connectivity index (χ4n) is 9.96. The highest BCUT2D eigenvalue weighted by atomic mass is 16.6. The predicted molar refractivity (Wildman–Crippen MR) is 428 cm³/mol. The van der Waals surface area contributed by atoms with Gasteiger partial charge >= 0.3 is 71.6 Å². The fourth-order valence-corrected chi connectivity index (χ4v) is 9.96. The van der Waals surface area contributed by atoms with E-state index in [-0.39, 0.29) is 143 Å². The summed E-state index contributed by atoms with van der Waals surface area (Å²) in [5, 5.41) is 4.81. The van der Waals surface area contributed by atoms with Crippen LogP contribution in [-0.4, -0.2) is 232 Å². The van der Waals surface area contributed by atoms with Gasteiger partial charge in [-0.2, -0.15) is 0 Å². The van der Waals surface area contributed by atoms with E-state index in [1.165, 1.54) is 121 Å². The molecule has 0 aromatic heterocycles. The highest BCUT2D eigenvalue weighted by Crippen LogP contribution is 2.25. The Morgan fingerprint density at radius 3 is 0.818 bits per heavy atom. The molecule has 2 aliphatic heterocycles. The van der Waals surface area contributed by atoms with Crippen LogP contribution in [0.4, 0.5) is 0 Å². The summed E-state index contributed by atoms with van der Waals surface area (Å²) in [6.07, 6.45) is 3.21. The lowest BCUT2D eigenvalue weighted by Crippen LogP contribution is -2.38. The number of piperidine rings is 1. The first kappa shape index (κ1) is 101. The lowest BCUT2D eigenvalue weighted by molar-refractivity contribution is -0.135. The van der Waals surface area contributed by atoms with Gasteiger partial charge < -0.3 is 87.1 Å². The van der Waals surface area contributed by atoms with Gasteiger partial charge in [-0.05, 0) is 127 Å². The van der Waals surface area contributed by atoms with Crippen LogP contribution in [0.5, 0.6) is 34.5 Å². The standard InChI is InChI=1S/C16H19NO5.C16H21NO5.C15H19NO5.C13H13NO5.C13H15NO5.C12H13NO5/c1-12(18)22-14-8-4-3-7-13(14)16(20)21-11-15(19)17-9-5-2-6-10-17;1-4-17(5-2)15(19)10-11-21-16(20)13-8-6-7-9-14(13)22-12(3)18;1-4-16(5-2)14(18)10-20-15(19)12-8-6-7-9-13(12)21-11(3)17;1-9(15)19-11-5-3-2-4-10(11)13(17)18-8-12(16)14-6-7-14;1-3-14-12(16)8-18-13(17)10-6-4-5-7-11(10)19-9(2)15;1-8(14)18-10-6-4-3-5-9(10)12(16)17-7-11(15)13-2/h3-4,7-8H,2,5-6,9-11H2,1H3;6-9H,4-5,10-11H2,1-3H3;6-9H,4-5,10H2,1-3H3;2-5H,6-8H2,1H3;4-7H,3,8H2,1-2H3,(H,14,16);3-6H,7H2,1-2H3,(H,13,15). The molecule has 0 atom stereocenters. The van der Waals surface area contributed by atoms with E-state index in [2.05, 4.69) is 10.6 Å². The Kier molecular flexibility index (Phi) is 46.2. The van der Waals surface area contributed by atoms with Crippen LogP contribution >= 0.6 is 0 Å². The molecule has 0 bridgehead atoms. The molecule has 6 aromatic rings. The number of likely N-dealkylation sites (N-methyl/N-ethyl adjacent to an activating group) is 3. The van der Waals surface area contributed by atoms with Gasteiger partial charge in [-0.15, -0.1) is 0 Å². The maximum atomic E-state index is 12.0. The number of carbonyl (C=O) groups is 18. The smallest absolute Gasteiger partial charge is 0.342 e. The van der Waals surface area contributed by atoms with Gasteiger partial charge in [0.1, 0.15) is 74.5 Å². The van der Waals surface area contributed by atoms with Gasteiger partial charge in [0.15, 0.2) is 33.0 Å². The molecule has 36 nitrogen and oxygen atoms in total. The topological polar surface area (TPSA) is 455 Å². The quantitative estimate of drug-likeness (QED) is 0.0191. The summed E-state index contributed by atoms with van der Waals surface area (Å²) < 4.78 is 59.0. The molecule has 2 saturated heterocycles. The van der Waals surface area contributed by atoms with Crippen molar-refractivity contribution in [3.05, 3.63) is 179 Å². The first-order chi connectivity index (χ1) is 57.7. The van der Waals surface area contributed by atoms with Crippen molar-refractivity contribution in [2.75, 3.05) is 106 Å². The Morgan fingerprint density at radius 1 is 0.306 bits per heavy atom. The van der Waals surface area contributed by atoms with Crippen molar-refractivity contribution in [3.63, 3.8) is 0 Å². The summed E-state index contributed by atoms with van der Waals surface area (Å²) in [5.74, 6) is -8.14. The van der Waals surface area contributed by atoms with Crippen molar-refractivity contribution < 1.29 is 143 Å². The van der Waals surface area contributed by atoms with E-state index in [0.717, 1.165) is 19.3 Å². The third-order valence-electron chi connectivity index (χ3n) is 15.8. The second-order valence-corrected chi connectivity index (χ2v) is 24.9. The second kappa shape index (κ2) is 55.4. The minimum atomic E-state index is -0.726. The van der Waals surface area contributed by atoms with E-state index in [1.54, 1.807) is 99.3 Å². The van der Waals surface area contributed by atoms with Crippen LogP contribution in [-0.2, 0) is 86.0 Å². The molecule has 8 rings (SSSR count). The molecule has 2 N–H and O–H groups in total. The molecule has 36 heteroatoms. The second-order valence-electron chi connectivity index (χ2n) is 24.9. The van der Waals surface area contributed by atoms with Gasteiger partial charge in [-0.1, -0.05) is 72.8 Å². The molecule has 0 saturated carbocycles. The Labute approximate surface area is 698 Å². The van der Waals surface area contributed by atoms with Crippen LogP contribution in [0.3, 0.4) is 0 Å². The molecule has 121 heavy (non-hydrogen) atoms.